The van der Waals surface area contributed by atoms with Gasteiger partial charge < -0.3 is 24.8 Å². The van der Waals surface area contributed by atoms with Crippen molar-refractivity contribution in [1.82, 2.24) is 0 Å². The molecule has 0 nitrogen and oxygen atoms in total. The molecule has 2 aliphatic carbocycles. The minimum absolute atomic E-state index is 0. The maximum Gasteiger partial charge on any atom is -1.00 e. The minimum atomic E-state index is -2.10. The molecule has 23 heavy (non-hydrogen) atoms. The Bertz CT molecular complexity index is 547. The SMILES string of the molecule is C[Si](C)(C)C1=[C]([Zr+2]2([C]3=C([Si](C)(C)C)C=CC3)[CH2][CH2]2)CC=C1.[Cl-].[Cl-]. The summed E-state index contributed by atoms with van der Waals surface area (Å²) in [7, 11) is -2.32. The predicted molar refractivity (Wildman–Crippen MR) is 97.9 cm³/mol. The van der Waals surface area contributed by atoms with Crippen molar-refractivity contribution in [2.75, 3.05) is 0 Å². The van der Waals surface area contributed by atoms with Gasteiger partial charge in [0.25, 0.3) is 0 Å². The number of allylic oxidation sites excluding steroid dienone is 8. The molecule has 0 aromatic carbocycles. The van der Waals surface area contributed by atoms with E-state index in [0.29, 0.717) is 0 Å². The van der Waals surface area contributed by atoms with Crippen molar-refractivity contribution >= 4 is 16.1 Å². The molecule has 0 aromatic heterocycles. The van der Waals surface area contributed by atoms with Crippen molar-refractivity contribution in [3.05, 3.63) is 41.3 Å². The minimum Gasteiger partial charge on any atom is -1.00 e. The Morgan fingerprint density at radius 2 is 1.04 bits per heavy atom. The van der Waals surface area contributed by atoms with Crippen molar-refractivity contribution in [3.63, 3.8) is 0 Å². The average molecular weight is 465 g/mol. The largest absolute Gasteiger partial charge is 1.00 e. The van der Waals surface area contributed by atoms with Crippen LogP contribution in [0.3, 0.4) is 0 Å². The third-order valence-corrected chi connectivity index (χ3v) is 22.5. The summed E-state index contributed by atoms with van der Waals surface area (Å²) in [6, 6.07) is 0. The second-order valence-electron chi connectivity index (χ2n) is 9.08. The van der Waals surface area contributed by atoms with Crippen LogP contribution in [0.5, 0.6) is 0 Å². The van der Waals surface area contributed by atoms with Gasteiger partial charge in [-0.05, 0) is 0 Å². The van der Waals surface area contributed by atoms with Crippen LogP contribution in [0.4, 0.5) is 0 Å². The summed E-state index contributed by atoms with van der Waals surface area (Å²) in [4.78, 5) is 0. The number of rotatable bonds is 4. The molecule has 1 saturated heterocycles. The van der Waals surface area contributed by atoms with Gasteiger partial charge in [-0.25, -0.2) is 0 Å². The number of hydrogen-bond donors (Lipinski definition) is 0. The zero-order chi connectivity index (χ0) is 15.5. The second-order valence-corrected chi connectivity index (χ2v) is 29.9. The van der Waals surface area contributed by atoms with E-state index in [1.165, 1.54) is 12.8 Å². The molecule has 3 rings (SSSR count). The van der Waals surface area contributed by atoms with Gasteiger partial charge in [-0.2, -0.15) is 0 Å². The third-order valence-electron chi connectivity index (χ3n) is 5.38. The molecule has 0 radical (unpaired) electrons. The molecule has 1 heterocycles. The van der Waals surface area contributed by atoms with E-state index in [0.717, 1.165) is 0 Å². The van der Waals surface area contributed by atoms with Crippen molar-refractivity contribution < 1.29 is 45.1 Å². The fraction of sp³-hybridized carbons (Fsp3) is 0.556. The topological polar surface area (TPSA) is 0 Å². The number of hydrogen-bond acceptors (Lipinski definition) is 0. The first-order chi connectivity index (χ1) is 9.66. The first-order valence-corrected chi connectivity index (χ1v) is 21.4. The van der Waals surface area contributed by atoms with Gasteiger partial charge >= 0.3 is 138 Å². The van der Waals surface area contributed by atoms with Crippen molar-refractivity contribution in [2.24, 2.45) is 0 Å². The molecular weight excluding hydrogens is 435 g/mol. The summed E-state index contributed by atoms with van der Waals surface area (Å²) in [5, 5.41) is 3.70. The van der Waals surface area contributed by atoms with Crippen LogP contribution in [0, 0.1) is 0 Å². The predicted octanol–water partition coefficient (Wildman–Crippen LogP) is 0.181. The van der Waals surface area contributed by atoms with Gasteiger partial charge in [0.15, 0.2) is 0 Å². The molecule has 5 heteroatoms. The van der Waals surface area contributed by atoms with E-state index in [1.807, 2.05) is 17.0 Å². The van der Waals surface area contributed by atoms with E-state index in [1.54, 1.807) is 8.26 Å². The van der Waals surface area contributed by atoms with Crippen LogP contribution in [0.15, 0.2) is 41.3 Å². The fourth-order valence-corrected chi connectivity index (χ4v) is 29.4. The first kappa shape index (κ1) is 21.9. The average Bonchev–Trinajstić information content (AvgIpc) is 2.82. The van der Waals surface area contributed by atoms with E-state index in [2.05, 4.69) is 63.6 Å². The fourth-order valence-electron chi connectivity index (χ4n) is 4.23. The zero-order valence-electron chi connectivity index (χ0n) is 15.4. The van der Waals surface area contributed by atoms with Crippen molar-refractivity contribution in [3.8, 4) is 0 Å². The van der Waals surface area contributed by atoms with Gasteiger partial charge in [0, 0.05) is 0 Å². The van der Waals surface area contributed by atoms with E-state index >= 15 is 0 Å². The molecule has 0 unspecified atom stereocenters. The smallest absolute Gasteiger partial charge is 1.00 e. The molecular formula is C18H30Cl2Si2Zr. The Hall–Kier alpha value is 0.857. The van der Waals surface area contributed by atoms with E-state index < -0.39 is 36.4 Å². The Balaban J connectivity index is 0.00000132. The summed E-state index contributed by atoms with van der Waals surface area (Å²) in [5.74, 6) is 0. The molecule has 0 amide bonds. The molecule has 0 aromatic rings. The van der Waals surface area contributed by atoms with Crippen LogP contribution in [0.25, 0.3) is 0 Å². The molecule has 0 saturated carbocycles. The van der Waals surface area contributed by atoms with E-state index in [4.69, 9.17) is 0 Å². The maximum atomic E-state index is 2.54. The van der Waals surface area contributed by atoms with Crippen molar-refractivity contribution in [1.29, 1.82) is 0 Å². The van der Waals surface area contributed by atoms with Gasteiger partial charge in [0.1, 0.15) is 0 Å². The van der Waals surface area contributed by atoms with E-state index in [-0.39, 0.29) is 24.8 Å². The first-order valence-electron chi connectivity index (χ1n) is 8.47. The normalized spacial score (nSPS) is 21.0. The third kappa shape index (κ3) is 4.00. The Kier molecular flexibility index (Phi) is 6.89. The molecule has 0 N–H and O–H groups in total. The molecule has 0 bridgehead atoms. The van der Waals surface area contributed by atoms with E-state index in [9.17, 15) is 0 Å². The van der Waals surface area contributed by atoms with Crippen LogP contribution in [-0.4, -0.2) is 16.1 Å². The van der Waals surface area contributed by atoms with Crippen LogP contribution < -0.4 is 24.8 Å². The molecule has 3 aliphatic rings. The molecule has 128 valence electrons. The van der Waals surface area contributed by atoms with Gasteiger partial charge in [-0.15, -0.1) is 0 Å². The standard InChI is InChI=1S/2C8H13Si.C2H4.2ClH.Zr/c2*1-9(2,3)8-6-4-5-7-8;1-2;;;/h2*4,6H,5H2,1-3H3;1-2H2;2*1H;/q;;;;;+2/p-2. The quantitative estimate of drug-likeness (QED) is 0.521. The molecule has 0 atom stereocenters. The van der Waals surface area contributed by atoms with Gasteiger partial charge in [0.05, 0.1) is 0 Å². The summed E-state index contributed by atoms with van der Waals surface area (Å²) in [5.41, 5.74) is 0. The molecule has 1 aliphatic heterocycles. The second kappa shape index (κ2) is 7.23. The Morgan fingerprint density at radius 3 is 1.30 bits per heavy atom. The van der Waals surface area contributed by atoms with Gasteiger partial charge in [-0.3, -0.25) is 0 Å². The summed E-state index contributed by atoms with van der Waals surface area (Å²) < 4.78 is 7.28. The van der Waals surface area contributed by atoms with Crippen LogP contribution in [-0.2, 0) is 20.3 Å². The Labute approximate surface area is 161 Å². The molecule has 1 fully saturated rings. The number of halogens is 2. The summed E-state index contributed by atoms with van der Waals surface area (Å²) in [6.45, 7) is 15.3. The van der Waals surface area contributed by atoms with Gasteiger partial charge in [0.2, 0.25) is 0 Å². The molecule has 0 spiro atoms. The maximum absolute atomic E-state index is 2.54. The van der Waals surface area contributed by atoms with Crippen LogP contribution >= 0.6 is 0 Å². The van der Waals surface area contributed by atoms with Crippen LogP contribution in [0.1, 0.15) is 12.8 Å². The monoisotopic (exact) mass is 462 g/mol. The summed E-state index contributed by atoms with van der Waals surface area (Å²) >= 11 is -2.10. The summed E-state index contributed by atoms with van der Waals surface area (Å²) in [6.07, 6.45) is 12.6. The zero-order valence-corrected chi connectivity index (χ0v) is 21.4. The Morgan fingerprint density at radius 1 is 0.696 bits per heavy atom. The van der Waals surface area contributed by atoms with Crippen molar-refractivity contribution in [2.45, 2.75) is 60.4 Å². The van der Waals surface area contributed by atoms with Gasteiger partial charge in [-0.1, -0.05) is 0 Å². The van der Waals surface area contributed by atoms with Crippen LogP contribution in [0.2, 0.25) is 47.5 Å².